The molecule has 0 aliphatic rings. The second-order valence-electron chi connectivity index (χ2n) is 4.43. The Morgan fingerprint density at radius 1 is 1.12 bits per heavy atom. The van der Waals surface area contributed by atoms with Gasteiger partial charge in [0, 0.05) is 11.6 Å². The van der Waals surface area contributed by atoms with Crippen molar-refractivity contribution in [1.29, 1.82) is 0 Å². The van der Waals surface area contributed by atoms with Gasteiger partial charge >= 0.3 is 0 Å². The molecular weight excluding hydrogens is 222 g/mol. The van der Waals surface area contributed by atoms with Crippen LogP contribution in [0, 0.1) is 5.92 Å². The lowest BCUT2D eigenvalue weighted by atomic mass is 10.2. The van der Waals surface area contributed by atoms with Crippen molar-refractivity contribution in [3.05, 3.63) is 29.3 Å². The van der Waals surface area contributed by atoms with Gasteiger partial charge in [0.05, 0.1) is 0 Å². The molecule has 1 rings (SSSR count). The highest BCUT2D eigenvalue weighted by Crippen LogP contribution is 2.16. The molecule has 0 saturated heterocycles. The third-order valence-electron chi connectivity index (χ3n) is 2.14. The highest BCUT2D eigenvalue weighted by atomic mass is 35.5. The molecule has 0 bridgehead atoms. The molecule has 0 saturated carbocycles. The van der Waals surface area contributed by atoms with Gasteiger partial charge in [0.15, 0.2) is 0 Å². The SMILES string of the molecule is CC(C)CNCC(C)Oc1ccc(Cl)cc1. The molecule has 0 aromatic heterocycles. The fraction of sp³-hybridized carbons (Fsp3) is 0.538. The van der Waals surface area contributed by atoms with Crippen LogP contribution in [0.25, 0.3) is 0 Å². The van der Waals surface area contributed by atoms with Gasteiger partial charge in [-0.1, -0.05) is 25.4 Å². The number of rotatable bonds is 6. The van der Waals surface area contributed by atoms with Crippen molar-refractivity contribution in [2.75, 3.05) is 13.1 Å². The number of benzene rings is 1. The average Bonchev–Trinajstić information content (AvgIpc) is 2.21. The molecule has 1 aromatic carbocycles. The predicted octanol–water partition coefficient (Wildman–Crippen LogP) is 3.35. The van der Waals surface area contributed by atoms with Crippen molar-refractivity contribution in [2.24, 2.45) is 5.92 Å². The van der Waals surface area contributed by atoms with Gasteiger partial charge in [-0.3, -0.25) is 0 Å². The van der Waals surface area contributed by atoms with Crippen molar-refractivity contribution in [2.45, 2.75) is 26.9 Å². The highest BCUT2D eigenvalue weighted by Gasteiger charge is 2.03. The van der Waals surface area contributed by atoms with E-state index in [-0.39, 0.29) is 6.10 Å². The highest BCUT2D eigenvalue weighted by molar-refractivity contribution is 6.30. The third-order valence-corrected chi connectivity index (χ3v) is 2.39. The summed E-state index contributed by atoms with van der Waals surface area (Å²) in [5, 5.41) is 4.10. The van der Waals surface area contributed by atoms with E-state index in [0.29, 0.717) is 5.92 Å². The average molecular weight is 242 g/mol. The standard InChI is InChI=1S/C13H20ClNO/c1-10(2)8-15-9-11(3)16-13-6-4-12(14)5-7-13/h4-7,10-11,15H,8-9H2,1-3H3. The monoisotopic (exact) mass is 241 g/mol. The summed E-state index contributed by atoms with van der Waals surface area (Å²) in [7, 11) is 0. The Morgan fingerprint density at radius 2 is 1.75 bits per heavy atom. The fourth-order valence-corrected chi connectivity index (χ4v) is 1.49. The van der Waals surface area contributed by atoms with Crippen LogP contribution in [-0.2, 0) is 0 Å². The zero-order chi connectivity index (χ0) is 12.0. The molecule has 1 N–H and O–H groups in total. The van der Waals surface area contributed by atoms with Crippen LogP contribution in [0.5, 0.6) is 5.75 Å². The summed E-state index contributed by atoms with van der Waals surface area (Å²) in [6.07, 6.45) is 0.167. The van der Waals surface area contributed by atoms with E-state index in [1.165, 1.54) is 0 Å². The first-order valence-electron chi connectivity index (χ1n) is 5.71. The summed E-state index contributed by atoms with van der Waals surface area (Å²) in [4.78, 5) is 0. The molecule has 0 aliphatic heterocycles. The van der Waals surface area contributed by atoms with E-state index in [1.54, 1.807) is 0 Å². The third kappa shape index (κ3) is 5.38. The minimum Gasteiger partial charge on any atom is -0.489 e. The van der Waals surface area contributed by atoms with E-state index in [9.17, 15) is 0 Å². The maximum atomic E-state index is 5.80. The quantitative estimate of drug-likeness (QED) is 0.825. The van der Waals surface area contributed by atoms with E-state index < -0.39 is 0 Å². The van der Waals surface area contributed by atoms with Crippen LogP contribution in [0.4, 0.5) is 0 Å². The molecular formula is C13H20ClNO. The normalized spacial score (nSPS) is 12.8. The zero-order valence-corrected chi connectivity index (χ0v) is 10.9. The largest absolute Gasteiger partial charge is 0.489 e. The predicted molar refractivity (Wildman–Crippen MR) is 69.2 cm³/mol. The number of hydrogen-bond acceptors (Lipinski definition) is 2. The van der Waals surface area contributed by atoms with Gasteiger partial charge < -0.3 is 10.1 Å². The number of halogens is 1. The van der Waals surface area contributed by atoms with E-state index in [0.717, 1.165) is 23.9 Å². The summed E-state index contributed by atoms with van der Waals surface area (Å²) >= 11 is 5.80. The molecule has 0 radical (unpaired) electrons. The number of nitrogens with one attached hydrogen (secondary N) is 1. The molecule has 0 amide bonds. The summed E-state index contributed by atoms with van der Waals surface area (Å²) in [5.41, 5.74) is 0. The van der Waals surface area contributed by atoms with Gasteiger partial charge in [0.25, 0.3) is 0 Å². The molecule has 0 aliphatic carbocycles. The molecule has 16 heavy (non-hydrogen) atoms. The smallest absolute Gasteiger partial charge is 0.119 e. The van der Waals surface area contributed by atoms with E-state index >= 15 is 0 Å². The maximum Gasteiger partial charge on any atom is 0.119 e. The van der Waals surface area contributed by atoms with E-state index in [4.69, 9.17) is 16.3 Å². The van der Waals surface area contributed by atoms with Crippen LogP contribution >= 0.6 is 11.6 Å². The minimum absolute atomic E-state index is 0.167. The minimum atomic E-state index is 0.167. The fourth-order valence-electron chi connectivity index (χ4n) is 1.36. The van der Waals surface area contributed by atoms with Gasteiger partial charge in [0.1, 0.15) is 11.9 Å². The second-order valence-corrected chi connectivity index (χ2v) is 4.87. The maximum absolute atomic E-state index is 5.80. The molecule has 90 valence electrons. The molecule has 0 heterocycles. The molecule has 0 fully saturated rings. The number of ether oxygens (including phenoxy) is 1. The Balaban J connectivity index is 2.28. The lowest BCUT2D eigenvalue weighted by Crippen LogP contribution is -2.31. The van der Waals surface area contributed by atoms with Crippen LogP contribution < -0.4 is 10.1 Å². The lowest BCUT2D eigenvalue weighted by molar-refractivity contribution is 0.215. The first-order chi connectivity index (χ1) is 7.58. The molecule has 3 heteroatoms. The summed E-state index contributed by atoms with van der Waals surface area (Å²) in [5.74, 6) is 1.53. The van der Waals surface area contributed by atoms with Crippen LogP contribution in [0.1, 0.15) is 20.8 Å². The number of hydrogen-bond donors (Lipinski definition) is 1. The van der Waals surface area contributed by atoms with Crippen molar-refractivity contribution >= 4 is 11.6 Å². The first kappa shape index (κ1) is 13.3. The zero-order valence-electron chi connectivity index (χ0n) is 10.2. The topological polar surface area (TPSA) is 21.3 Å². The van der Waals surface area contributed by atoms with Gasteiger partial charge in [0.2, 0.25) is 0 Å². The van der Waals surface area contributed by atoms with Crippen molar-refractivity contribution < 1.29 is 4.74 Å². The Hall–Kier alpha value is -0.730. The van der Waals surface area contributed by atoms with E-state index in [1.807, 2.05) is 24.3 Å². The first-order valence-corrected chi connectivity index (χ1v) is 6.08. The van der Waals surface area contributed by atoms with Crippen molar-refractivity contribution in [3.63, 3.8) is 0 Å². The van der Waals surface area contributed by atoms with Gasteiger partial charge in [-0.15, -0.1) is 0 Å². The van der Waals surface area contributed by atoms with Crippen LogP contribution in [0.15, 0.2) is 24.3 Å². The Labute approximate surface area is 103 Å². The Kier molecular flexibility index (Phi) is 5.64. The Morgan fingerprint density at radius 3 is 2.31 bits per heavy atom. The summed E-state index contributed by atoms with van der Waals surface area (Å²) in [6.45, 7) is 8.33. The van der Waals surface area contributed by atoms with Crippen molar-refractivity contribution in [1.82, 2.24) is 5.32 Å². The summed E-state index contributed by atoms with van der Waals surface area (Å²) in [6, 6.07) is 7.46. The summed E-state index contributed by atoms with van der Waals surface area (Å²) < 4.78 is 5.73. The van der Waals surface area contributed by atoms with Crippen LogP contribution in [0.2, 0.25) is 5.02 Å². The van der Waals surface area contributed by atoms with Crippen LogP contribution in [0.3, 0.4) is 0 Å². The second kappa shape index (κ2) is 6.77. The molecule has 1 unspecified atom stereocenters. The van der Waals surface area contributed by atoms with Crippen LogP contribution in [-0.4, -0.2) is 19.2 Å². The van der Waals surface area contributed by atoms with Gasteiger partial charge in [-0.05, 0) is 43.7 Å². The Bertz CT molecular complexity index is 297. The molecule has 1 aromatic rings. The van der Waals surface area contributed by atoms with Crippen molar-refractivity contribution in [3.8, 4) is 5.75 Å². The molecule has 2 nitrogen and oxygen atoms in total. The van der Waals surface area contributed by atoms with Gasteiger partial charge in [-0.25, -0.2) is 0 Å². The molecule has 0 spiro atoms. The van der Waals surface area contributed by atoms with E-state index in [2.05, 4.69) is 26.1 Å². The molecule has 1 atom stereocenters. The van der Waals surface area contributed by atoms with Gasteiger partial charge in [-0.2, -0.15) is 0 Å². The lowest BCUT2D eigenvalue weighted by Gasteiger charge is -2.16.